The van der Waals surface area contributed by atoms with Crippen LogP contribution in [0.5, 0.6) is 0 Å². The summed E-state index contributed by atoms with van der Waals surface area (Å²) in [5.74, 6) is -0.591. The quantitative estimate of drug-likeness (QED) is 0.749. The van der Waals surface area contributed by atoms with Crippen LogP contribution in [0, 0.1) is 0 Å². The zero-order valence-corrected chi connectivity index (χ0v) is 15.1. The van der Waals surface area contributed by atoms with Gasteiger partial charge in [-0.2, -0.15) is 0 Å². The van der Waals surface area contributed by atoms with Gasteiger partial charge >= 0.3 is 0 Å². The van der Waals surface area contributed by atoms with Gasteiger partial charge in [-0.05, 0) is 11.6 Å². The topological polar surface area (TPSA) is 64.1 Å². The van der Waals surface area contributed by atoms with E-state index >= 15 is 0 Å². The highest BCUT2D eigenvalue weighted by atomic mass is 79.9. The Morgan fingerprint density at radius 2 is 1.75 bits per heavy atom. The second-order valence-electron chi connectivity index (χ2n) is 6.26. The summed E-state index contributed by atoms with van der Waals surface area (Å²) in [4.78, 5) is 30.8. The van der Waals surface area contributed by atoms with Crippen molar-refractivity contribution >= 4 is 27.7 Å². The van der Waals surface area contributed by atoms with E-state index in [0.29, 0.717) is 13.2 Å². The van der Waals surface area contributed by atoms with Gasteiger partial charge in [0.2, 0.25) is 11.8 Å². The summed E-state index contributed by atoms with van der Waals surface area (Å²) >= 11 is 3.48. The summed E-state index contributed by atoms with van der Waals surface area (Å²) in [6, 6.07) is 7.59. The van der Waals surface area contributed by atoms with Crippen molar-refractivity contribution in [2.45, 2.75) is 12.3 Å². The predicted molar refractivity (Wildman–Crippen MR) is 93.3 cm³/mol. The van der Waals surface area contributed by atoms with Gasteiger partial charge < -0.3 is 5.11 Å². The summed E-state index contributed by atoms with van der Waals surface area (Å²) in [5, 5.41) is 8.99. The molecule has 2 heterocycles. The van der Waals surface area contributed by atoms with Crippen molar-refractivity contribution in [3.63, 3.8) is 0 Å². The average molecular weight is 396 g/mol. The highest BCUT2D eigenvalue weighted by Crippen LogP contribution is 2.34. The van der Waals surface area contributed by atoms with Crippen LogP contribution >= 0.6 is 15.9 Å². The number of likely N-dealkylation sites (tertiary alicyclic amines) is 1. The highest BCUT2D eigenvalue weighted by molar-refractivity contribution is 9.10. The van der Waals surface area contributed by atoms with Gasteiger partial charge in [0, 0.05) is 43.6 Å². The van der Waals surface area contributed by atoms with Gasteiger partial charge in [0.15, 0.2) is 0 Å². The summed E-state index contributed by atoms with van der Waals surface area (Å²) < 4.78 is 0.871. The number of halogens is 1. The third-order valence-corrected chi connectivity index (χ3v) is 5.47. The molecule has 0 spiro atoms. The first-order chi connectivity index (χ1) is 11.6. The molecular formula is C17H22BrN3O3. The van der Waals surface area contributed by atoms with Crippen LogP contribution in [0.2, 0.25) is 0 Å². The number of aliphatic hydroxyl groups is 1. The first-order valence-corrected chi connectivity index (χ1v) is 9.03. The number of piperazine rings is 1. The molecular weight excluding hydrogens is 374 g/mol. The summed E-state index contributed by atoms with van der Waals surface area (Å²) in [6.07, 6.45) is 0.242. The molecule has 1 aromatic rings. The number of imide groups is 1. The average Bonchev–Trinajstić information content (AvgIpc) is 2.85. The van der Waals surface area contributed by atoms with Crippen LogP contribution in [-0.4, -0.2) is 77.6 Å². The normalized spacial score (nSPS) is 23.2. The maximum absolute atomic E-state index is 12.7. The monoisotopic (exact) mass is 395 g/mol. The van der Waals surface area contributed by atoms with Crippen LogP contribution in [0.4, 0.5) is 0 Å². The number of β-amino-alcohol motifs (C(OH)–C–C–N with tert-alkyl or cyclic N) is 1. The molecule has 0 bridgehead atoms. The maximum atomic E-state index is 12.7. The van der Waals surface area contributed by atoms with Gasteiger partial charge in [0.25, 0.3) is 0 Å². The van der Waals surface area contributed by atoms with Gasteiger partial charge in [0.1, 0.15) is 0 Å². The van der Waals surface area contributed by atoms with Crippen LogP contribution in [0.1, 0.15) is 17.9 Å². The SMILES string of the molecule is O=C1CC(c2ccccc2Br)C(=O)N1CN1CCN(CCO)CC1. The van der Waals surface area contributed by atoms with Crippen LogP contribution < -0.4 is 0 Å². The van der Waals surface area contributed by atoms with E-state index < -0.39 is 0 Å². The van der Waals surface area contributed by atoms with Gasteiger partial charge in [-0.3, -0.25) is 24.3 Å². The van der Waals surface area contributed by atoms with Crippen molar-refractivity contribution < 1.29 is 14.7 Å². The molecule has 0 saturated carbocycles. The molecule has 24 heavy (non-hydrogen) atoms. The van der Waals surface area contributed by atoms with Crippen LogP contribution in [0.15, 0.2) is 28.7 Å². The minimum atomic E-state index is -0.385. The van der Waals surface area contributed by atoms with E-state index in [2.05, 4.69) is 25.7 Å². The lowest BCUT2D eigenvalue weighted by Crippen LogP contribution is -2.51. The molecule has 2 fully saturated rings. The Labute approximate surface area is 150 Å². The van der Waals surface area contributed by atoms with Crippen LogP contribution in [0.3, 0.4) is 0 Å². The molecule has 2 aliphatic rings. The van der Waals surface area contributed by atoms with Gasteiger partial charge in [-0.25, -0.2) is 0 Å². The number of amides is 2. The number of hydrogen-bond acceptors (Lipinski definition) is 5. The van der Waals surface area contributed by atoms with Crippen molar-refractivity contribution in [1.29, 1.82) is 0 Å². The third-order valence-electron chi connectivity index (χ3n) is 4.75. The van der Waals surface area contributed by atoms with E-state index in [-0.39, 0.29) is 30.8 Å². The minimum absolute atomic E-state index is 0.0986. The Bertz CT molecular complexity index is 617. The van der Waals surface area contributed by atoms with E-state index in [1.54, 1.807) is 0 Å². The number of benzene rings is 1. The van der Waals surface area contributed by atoms with Crippen LogP contribution in [-0.2, 0) is 9.59 Å². The predicted octanol–water partition coefficient (Wildman–Crippen LogP) is 0.859. The molecule has 2 aliphatic heterocycles. The fourth-order valence-electron chi connectivity index (χ4n) is 3.33. The molecule has 0 aliphatic carbocycles. The molecule has 2 amide bonds. The summed E-state index contributed by atoms with van der Waals surface area (Å²) in [6.45, 7) is 4.52. The third kappa shape index (κ3) is 3.69. The molecule has 130 valence electrons. The van der Waals surface area contributed by atoms with E-state index in [0.717, 1.165) is 36.2 Å². The Morgan fingerprint density at radius 1 is 1.08 bits per heavy atom. The zero-order chi connectivity index (χ0) is 17.1. The Balaban J connectivity index is 1.62. The molecule has 1 N–H and O–H groups in total. The van der Waals surface area contributed by atoms with E-state index in [1.165, 1.54) is 4.90 Å². The Hall–Kier alpha value is -1.28. The summed E-state index contributed by atoms with van der Waals surface area (Å²) in [5.41, 5.74) is 0.881. The van der Waals surface area contributed by atoms with Crippen molar-refractivity contribution in [2.24, 2.45) is 0 Å². The molecule has 2 saturated heterocycles. The van der Waals surface area contributed by atoms with E-state index in [4.69, 9.17) is 5.11 Å². The zero-order valence-electron chi connectivity index (χ0n) is 13.5. The number of aliphatic hydroxyl groups excluding tert-OH is 1. The van der Waals surface area contributed by atoms with Gasteiger partial charge in [0.05, 0.1) is 19.2 Å². The number of carbonyl (C=O) groups is 2. The van der Waals surface area contributed by atoms with Crippen molar-refractivity contribution in [1.82, 2.24) is 14.7 Å². The first-order valence-electron chi connectivity index (χ1n) is 8.24. The molecule has 1 unspecified atom stereocenters. The fraction of sp³-hybridized carbons (Fsp3) is 0.529. The van der Waals surface area contributed by atoms with Gasteiger partial charge in [-0.15, -0.1) is 0 Å². The maximum Gasteiger partial charge on any atom is 0.238 e. The molecule has 1 atom stereocenters. The smallest absolute Gasteiger partial charge is 0.238 e. The highest BCUT2D eigenvalue weighted by Gasteiger charge is 2.40. The number of rotatable bonds is 5. The molecule has 0 aromatic heterocycles. The lowest BCUT2D eigenvalue weighted by molar-refractivity contribution is -0.141. The largest absolute Gasteiger partial charge is 0.395 e. The molecule has 0 radical (unpaired) electrons. The van der Waals surface area contributed by atoms with Crippen LogP contribution in [0.25, 0.3) is 0 Å². The summed E-state index contributed by atoms with van der Waals surface area (Å²) in [7, 11) is 0. The number of hydrogen-bond donors (Lipinski definition) is 1. The second-order valence-corrected chi connectivity index (χ2v) is 7.12. The Kier molecular flexibility index (Phi) is 5.65. The van der Waals surface area contributed by atoms with Gasteiger partial charge in [-0.1, -0.05) is 34.1 Å². The fourth-order valence-corrected chi connectivity index (χ4v) is 3.89. The first kappa shape index (κ1) is 17.5. The number of nitrogens with zero attached hydrogens (tertiary/aromatic N) is 3. The molecule has 3 rings (SSSR count). The lowest BCUT2D eigenvalue weighted by Gasteiger charge is -2.35. The van der Waals surface area contributed by atoms with Crippen molar-refractivity contribution in [3.05, 3.63) is 34.3 Å². The molecule has 7 heteroatoms. The standard InChI is InChI=1S/C17H22BrN3O3/c18-15-4-2-1-3-13(15)14-11-16(23)21(17(14)24)12-20-7-5-19(6-8-20)9-10-22/h1-4,14,22H,5-12H2. The van der Waals surface area contributed by atoms with Crippen molar-refractivity contribution in [3.8, 4) is 0 Å². The molecule has 1 aromatic carbocycles. The van der Waals surface area contributed by atoms with Crippen molar-refractivity contribution in [2.75, 3.05) is 46.0 Å². The minimum Gasteiger partial charge on any atom is -0.395 e. The lowest BCUT2D eigenvalue weighted by atomic mass is 9.98. The van der Waals surface area contributed by atoms with E-state index in [9.17, 15) is 9.59 Å². The Morgan fingerprint density at radius 3 is 2.42 bits per heavy atom. The van der Waals surface area contributed by atoms with E-state index in [1.807, 2.05) is 24.3 Å². The number of carbonyl (C=O) groups excluding carboxylic acids is 2. The molecule has 6 nitrogen and oxygen atoms in total. The second kappa shape index (κ2) is 7.74.